The van der Waals surface area contributed by atoms with Crippen LogP contribution in [0, 0.1) is 22.7 Å². The SMILES string of the molecule is CCOC(=O)C1(F)C[C@@]2(CCC3C4CCC5=CC(=O)CCC5(C)C4=CCC32C)OC1=O. The lowest BCUT2D eigenvalue weighted by Gasteiger charge is -2.54. The molecule has 5 rings (SSSR count). The van der Waals surface area contributed by atoms with Crippen LogP contribution >= 0.6 is 0 Å². The van der Waals surface area contributed by atoms with E-state index >= 15 is 4.39 Å². The predicted molar refractivity (Wildman–Crippen MR) is 111 cm³/mol. The molecule has 168 valence electrons. The van der Waals surface area contributed by atoms with Gasteiger partial charge in [-0.15, -0.1) is 0 Å². The molecule has 0 aromatic rings. The van der Waals surface area contributed by atoms with Gasteiger partial charge in [-0.25, -0.2) is 14.0 Å². The van der Waals surface area contributed by atoms with Crippen LogP contribution in [0.25, 0.3) is 0 Å². The summed E-state index contributed by atoms with van der Waals surface area (Å²) in [6.07, 6.45) is 9.29. The van der Waals surface area contributed by atoms with E-state index < -0.39 is 28.6 Å². The Bertz CT molecular complexity index is 936. The van der Waals surface area contributed by atoms with Crippen molar-refractivity contribution in [3.63, 3.8) is 0 Å². The molecule has 6 atom stereocenters. The van der Waals surface area contributed by atoms with E-state index in [4.69, 9.17) is 9.47 Å². The van der Waals surface area contributed by atoms with Crippen molar-refractivity contribution in [1.29, 1.82) is 0 Å². The molecule has 2 saturated carbocycles. The Kier molecular flexibility index (Phi) is 4.39. The fourth-order valence-electron chi connectivity index (χ4n) is 7.56. The molecule has 31 heavy (non-hydrogen) atoms. The number of esters is 2. The third kappa shape index (κ3) is 2.56. The number of ketones is 1. The highest BCUT2D eigenvalue weighted by Crippen LogP contribution is 2.69. The smallest absolute Gasteiger partial charge is 0.356 e. The van der Waals surface area contributed by atoms with Crippen molar-refractivity contribution >= 4 is 17.7 Å². The number of alkyl halides is 1. The van der Waals surface area contributed by atoms with Crippen LogP contribution in [0.4, 0.5) is 4.39 Å². The predicted octanol–water partition coefficient (Wildman–Crippen LogP) is 4.40. The largest absolute Gasteiger partial charge is 0.463 e. The molecule has 0 bridgehead atoms. The zero-order chi connectivity index (χ0) is 22.2. The van der Waals surface area contributed by atoms with E-state index in [1.165, 1.54) is 11.1 Å². The van der Waals surface area contributed by atoms with E-state index in [2.05, 4.69) is 19.9 Å². The molecule has 0 aromatic carbocycles. The van der Waals surface area contributed by atoms with E-state index in [1.807, 2.05) is 6.08 Å². The molecule has 5 unspecified atom stereocenters. The summed E-state index contributed by atoms with van der Waals surface area (Å²) in [4.78, 5) is 36.9. The molecule has 0 aromatic heterocycles. The first-order valence-electron chi connectivity index (χ1n) is 11.6. The van der Waals surface area contributed by atoms with Gasteiger partial charge in [0.05, 0.1) is 6.61 Å². The van der Waals surface area contributed by atoms with Gasteiger partial charge in [0, 0.05) is 23.7 Å². The maximum Gasteiger partial charge on any atom is 0.356 e. The van der Waals surface area contributed by atoms with Crippen molar-refractivity contribution in [3.05, 3.63) is 23.3 Å². The highest BCUT2D eigenvalue weighted by Gasteiger charge is 2.73. The van der Waals surface area contributed by atoms with Gasteiger partial charge in [-0.3, -0.25) is 4.79 Å². The normalized spacial score (nSPS) is 45.9. The fourth-order valence-corrected chi connectivity index (χ4v) is 7.56. The Morgan fingerprint density at radius 3 is 2.74 bits per heavy atom. The van der Waals surface area contributed by atoms with Crippen molar-refractivity contribution in [2.24, 2.45) is 22.7 Å². The lowest BCUT2D eigenvalue weighted by molar-refractivity contribution is -0.170. The zero-order valence-electron chi connectivity index (χ0n) is 18.6. The highest BCUT2D eigenvalue weighted by atomic mass is 19.1. The molecule has 0 radical (unpaired) electrons. The summed E-state index contributed by atoms with van der Waals surface area (Å²) in [7, 11) is 0. The van der Waals surface area contributed by atoms with Crippen LogP contribution < -0.4 is 0 Å². The fraction of sp³-hybridized carbons (Fsp3) is 0.720. The van der Waals surface area contributed by atoms with E-state index in [9.17, 15) is 14.4 Å². The summed E-state index contributed by atoms with van der Waals surface area (Å²) >= 11 is 0. The standard InChI is InChI=1S/C25H31FO5/c1-4-30-20(28)25(26)14-24(31-21(25)29)12-9-19-17-6-5-15-13-16(27)7-10-22(15,2)18(17)8-11-23(19,24)3/h8,13,17,19H,4-7,9-12,14H2,1-3H3/t17?,19?,22?,23?,24-,25?/m1/s1. The van der Waals surface area contributed by atoms with Gasteiger partial charge in [0.2, 0.25) is 0 Å². The van der Waals surface area contributed by atoms with Crippen LogP contribution in [0.1, 0.15) is 72.1 Å². The average Bonchev–Trinajstić information content (AvgIpc) is 3.16. The molecule has 1 heterocycles. The monoisotopic (exact) mass is 430 g/mol. The molecule has 5 aliphatic rings. The molecule has 4 aliphatic carbocycles. The molecule has 6 heteroatoms. The molecular formula is C25H31FO5. The summed E-state index contributed by atoms with van der Waals surface area (Å²) in [5, 5.41) is 0. The number of rotatable bonds is 2. The third-order valence-corrected chi connectivity index (χ3v) is 9.37. The number of halogens is 1. The first kappa shape index (κ1) is 20.9. The third-order valence-electron chi connectivity index (χ3n) is 9.37. The lowest BCUT2D eigenvalue weighted by atomic mass is 9.50. The maximum absolute atomic E-state index is 15.6. The van der Waals surface area contributed by atoms with Crippen LogP contribution in [0.15, 0.2) is 23.3 Å². The second-order valence-corrected chi connectivity index (χ2v) is 10.6. The summed E-state index contributed by atoms with van der Waals surface area (Å²) in [5.74, 6) is -1.38. The quantitative estimate of drug-likeness (QED) is 0.369. The maximum atomic E-state index is 15.6. The Balaban J connectivity index is 1.50. The van der Waals surface area contributed by atoms with Gasteiger partial charge in [0.1, 0.15) is 5.60 Å². The van der Waals surface area contributed by atoms with Gasteiger partial charge in [0.25, 0.3) is 0 Å². The number of carbonyl (C=O) groups is 3. The Hall–Kier alpha value is -1.98. The first-order chi connectivity index (χ1) is 14.6. The van der Waals surface area contributed by atoms with Gasteiger partial charge in [-0.1, -0.05) is 31.1 Å². The number of ether oxygens (including phenoxy) is 2. The van der Waals surface area contributed by atoms with Crippen LogP contribution in [-0.4, -0.2) is 35.6 Å². The average molecular weight is 431 g/mol. The minimum absolute atomic E-state index is 0.0236. The Labute approximate surface area is 182 Å². The van der Waals surface area contributed by atoms with E-state index in [-0.39, 0.29) is 30.1 Å². The zero-order valence-corrected chi connectivity index (χ0v) is 18.6. The van der Waals surface area contributed by atoms with Crippen LogP contribution in [0.3, 0.4) is 0 Å². The van der Waals surface area contributed by atoms with Crippen molar-refractivity contribution < 1.29 is 28.2 Å². The topological polar surface area (TPSA) is 69.7 Å². The molecule has 0 amide bonds. The van der Waals surface area contributed by atoms with Crippen molar-refractivity contribution in [2.45, 2.75) is 83.4 Å². The van der Waals surface area contributed by atoms with Gasteiger partial charge in [-0.05, 0) is 63.4 Å². The highest BCUT2D eigenvalue weighted by molar-refractivity contribution is 6.05. The van der Waals surface area contributed by atoms with Crippen molar-refractivity contribution in [1.82, 2.24) is 0 Å². The number of hydrogen-bond acceptors (Lipinski definition) is 5. The van der Waals surface area contributed by atoms with E-state index in [1.54, 1.807) is 6.92 Å². The van der Waals surface area contributed by atoms with E-state index in [0.717, 1.165) is 25.7 Å². The van der Waals surface area contributed by atoms with Gasteiger partial charge in [-0.2, -0.15) is 0 Å². The second-order valence-electron chi connectivity index (χ2n) is 10.6. The first-order valence-corrected chi connectivity index (χ1v) is 11.6. The molecule has 1 saturated heterocycles. The summed E-state index contributed by atoms with van der Waals surface area (Å²) in [5.41, 5.74) is -1.51. The summed E-state index contributed by atoms with van der Waals surface area (Å²) < 4.78 is 26.2. The van der Waals surface area contributed by atoms with Crippen LogP contribution in [0.2, 0.25) is 0 Å². The molecule has 0 N–H and O–H groups in total. The Morgan fingerprint density at radius 1 is 1.23 bits per heavy atom. The van der Waals surface area contributed by atoms with Crippen LogP contribution in [-0.2, 0) is 23.9 Å². The van der Waals surface area contributed by atoms with Crippen molar-refractivity contribution in [3.8, 4) is 0 Å². The van der Waals surface area contributed by atoms with Crippen LogP contribution in [0.5, 0.6) is 0 Å². The van der Waals surface area contributed by atoms with Gasteiger partial charge < -0.3 is 9.47 Å². The Morgan fingerprint density at radius 2 is 2.00 bits per heavy atom. The number of carbonyl (C=O) groups excluding carboxylic acids is 3. The molecule has 5 nitrogen and oxygen atoms in total. The van der Waals surface area contributed by atoms with E-state index in [0.29, 0.717) is 25.2 Å². The number of hydrogen-bond donors (Lipinski definition) is 0. The minimum Gasteiger partial charge on any atom is -0.463 e. The minimum atomic E-state index is -2.71. The number of allylic oxidation sites excluding steroid dienone is 4. The molecule has 1 spiro atoms. The molecule has 1 aliphatic heterocycles. The number of fused-ring (bicyclic) bond motifs is 6. The summed E-state index contributed by atoms with van der Waals surface area (Å²) in [6.45, 7) is 6.00. The molecule has 3 fully saturated rings. The second kappa shape index (κ2) is 6.52. The lowest BCUT2D eigenvalue weighted by Crippen LogP contribution is -2.51. The summed E-state index contributed by atoms with van der Waals surface area (Å²) in [6, 6.07) is 0. The van der Waals surface area contributed by atoms with Crippen molar-refractivity contribution in [2.75, 3.05) is 6.61 Å². The molecular weight excluding hydrogens is 399 g/mol. The van der Waals surface area contributed by atoms with Gasteiger partial charge in [0.15, 0.2) is 5.78 Å². The van der Waals surface area contributed by atoms with Gasteiger partial charge >= 0.3 is 17.6 Å².